The molecule has 1 fully saturated rings. The van der Waals surface area contributed by atoms with Crippen LogP contribution in [-0.2, 0) is 0 Å². The first-order chi connectivity index (χ1) is 7.87. The van der Waals surface area contributed by atoms with Gasteiger partial charge in [0, 0.05) is 6.04 Å². The molecule has 2 rings (SSSR count). The lowest BCUT2D eigenvalue weighted by atomic mass is 9.91. The van der Waals surface area contributed by atoms with E-state index in [9.17, 15) is 4.39 Å². The standard InChI is InChI=1S/C14H19ClFN/c1-9-7-14(2,3)8-13(9)17-12-6-10(16)4-5-11(12)15/h4-6,9,13,17H,7-8H2,1-3H3. The van der Waals surface area contributed by atoms with Gasteiger partial charge in [-0.15, -0.1) is 0 Å². The predicted molar refractivity (Wildman–Crippen MR) is 71.0 cm³/mol. The van der Waals surface area contributed by atoms with Gasteiger partial charge in [-0.2, -0.15) is 0 Å². The lowest BCUT2D eigenvalue weighted by Gasteiger charge is -2.20. The van der Waals surface area contributed by atoms with Gasteiger partial charge in [0.05, 0.1) is 10.7 Å². The van der Waals surface area contributed by atoms with Crippen molar-refractivity contribution >= 4 is 17.3 Å². The number of benzene rings is 1. The van der Waals surface area contributed by atoms with Crippen molar-refractivity contribution in [3.63, 3.8) is 0 Å². The molecule has 3 heteroatoms. The van der Waals surface area contributed by atoms with E-state index >= 15 is 0 Å². The zero-order valence-corrected chi connectivity index (χ0v) is 11.3. The third kappa shape index (κ3) is 2.92. The van der Waals surface area contributed by atoms with Crippen LogP contribution < -0.4 is 5.32 Å². The van der Waals surface area contributed by atoms with Crippen LogP contribution in [0.4, 0.5) is 10.1 Å². The molecular weight excluding hydrogens is 237 g/mol. The van der Waals surface area contributed by atoms with Crippen molar-refractivity contribution in [1.82, 2.24) is 0 Å². The smallest absolute Gasteiger partial charge is 0.125 e. The van der Waals surface area contributed by atoms with Gasteiger partial charge in [0.1, 0.15) is 5.82 Å². The van der Waals surface area contributed by atoms with Crippen LogP contribution in [0, 0.1) is 17.2 Å². The maximum Gasteiger partial charge on any atom is 0.125 e. The summed E-state index contributed by atoms with van der Waals surface area (Å²) in [5.41, 5.74) is 1.07. The fourth-order valence-corrected chi connectivity index (χ4v) is 3.07. The van der Waals surface area contributed by atoms with E-state index in [0.717, 1.165) is 6.42 Å². The molecule has 0 spiro atoms. The summed E-state index contributed by atoms with van der Waals surface area (Å²) in [6.07, 6.45) is 2.29. The Hall–Kier alpha value is -0.760. The molecule has 1 aliphatic rings. The summed E-state index contributed by atoms with van der Waals surface area (Å²) >= 11 is 6.06. The van der Waals surface area contributed by atoms with E-state index in [-0.39, 0.29) is 5.82 Å². The molecular formula is C14H19ClFN. The topological polar surface area (TPSA) is 12.0 Å². The SMILES string of the molecule is CC1CC(C)(C)CC1Nc1cc(F)ccc1Cl. The van der Waals surface area contributed by atoms with E-state index in [1.165, 1.54) is 18.6 Å². The van der Waals surface area contributed by atoms with Gasteiger partial charge in [0.25, 0.3) is 0 Å². The van der Waals surface area contributed by atoms with E-state index in [0.29, 0.717) is 28.1 Å². The second-order valence-electron chi connectivity index (χ2n) is 5.92. The van der Waals surface area contributed by atoms with Gasteiger partial charge >= 0.3 is 0 Å². The highest BCUT2D eigenvalue weighted by Gasteiger charge is 2.36. The van der Waals surface area contributed by atoms with Gasteiger partial charge in [-0.25, -0.2) is 4.39 Å². The number of rotatable bonds is 2. The van der Waals surface area contributed by atoms with Crippen LogP contribution in [0.15, 0.2) is 18.2 Å². The Morgan fingerprint density at radius 1 is 1.35 bits per heavy atom. The van der Waals surface area contributed by atoms with Gasteiger partial charge in [-0.05, 0) is 42.4 Å². The number of hydrogen-bond donors (Lipinski definition) is 1. The molecule has 0 aliphatic heterocycles. The number of nitrogens with one attached hydrogen (secondary N) is 1. The Kier molecular flexibility index (Phi) is 3.35. The first kappa shape index (κ1) is 12.7. The molecule has 2 atom stereocenters. The number of anilines is 1. The molecule has 0 aromatic heterocycles. The third-order valence-corrected chi connectivity index (χ3v) is 3.93. The maximum absolute atomic E-state index is 13.2. The lowest BCUT2D eigenvalue weighted by molar-refractivity contribution is 0.366. The van der Waals surface area contributed by atoms with Crippen molar-refractivity contribution in [2.75, 3.05) is 5.32 Å². The van der Waals surface area contributed by atoms with E-state index in [1.807, 2.05) is 0 Å². The molecule has 0 heterocycles. The molecule has 0 amide bonds. The fourth-order valence-electron chi connectivity index (χ4n) is 2.89. The summed E-state index contributed by atoms with van der Waals surface area (Å²) in [5, 5.41) is 3.97. The Balaban J connectivity index is 2.14. The van der Waals surface area contributed by atoms with E-state index in [2.05, 4.69) is 26.1 Å². The minimum Gasteiger partial charge on any atom is -0.381 e. The molecule has 17 heavy (non-hydrogen) atoms. The highest BCUT2D eigenvalue weighted by atomic mass is 35.5. The first-order valence-corrected chi connectivity index (χ1v) is 6.47. The normalized spacial score (nSPS) is 27.1. The summed E-state index contributed by atoms with van der Waals surface area (Å²) in [5.74, 6) is 0.339. The average molecular weight is 256 g/mol. The van der Waals surface area contributed by atoms with E-state index < -0.39 is 0 Å². The molecule has 0 bridgehead atoms. The molecule has 1 N–H and O–H groups in total. The van der Waals surface area contributed by atoms with Crippen LogP contribution in [0.5, 0.6) is 0 Å². The second kappa shape index (κ2) is 4.49. The highest BCUT2D eigenvalue weighted by Crippen LogP contribution is 2.42. The quantitative estimate of drug-likeness (QED) is 0.807. The van der Waals surface area contributed by atoms with Crippen LogP contribution in [-0.4, -0.2) is 6.04 Å². The molecule has 0 saturated heterocycles. The largest absolute Gasteiger partial charge is 0.381 e. The summed E-state index contributed by atoms with van der Waals surface area (Å²) in [7, 11) is 0. The van der Waals surface area contributed by atoms with Crippen molar-refractivity contribution in [3.05, 3.63) is 29.0 Å². The maximum atomic E-state index is 13.2. The second-order valence-corrected chi connectivity index (χ2v) is 6.33. The molecule has 2 unspecified atom stereocenters. The van der Waals surface area contributed by atoms with Gasteiger partial charge in [-0.1, -0.05) is 32.4 Å². The average Bonchev–Trinajstić information content (AvgIpc) is 2.46. The number of halogens is 2. The van der Waals surface area contributed by atoms with Crippen LogP contribution >= 0.6 is 11.6 Å². The van der Waals surface area contributed by atoms with Gasteiger partial charge in [-0.3, -0.25) is 0 Å². The van der Waals surface area contributed by atoms with Crippen LogP contribution in [0.25, 0.3) is 0 Å². The Bertz CT molecular complexity index is 417. The van der Waals surface area contributed by atoms with Crippen LogP contribution in [0.2, 0.25) is 5.02 Å². The molecule has 1 aromatic rings. The first-order valence-electron chi connectivity index (χ1n) is 6.09. The lowest BCUT2D eigenvalue weighted by Crippen LogP contribution is -2.22. The van der Waals surface area contributed by atoms with Crippen molar-refractivity contribution in [2.24, 2.45) is 11.3 Å². The molecule has 1 aliphatic carbocycles. The highest BCUT2D eigenvalue weighted by molar-refractivity contribution is 6.33. The zero-order chi connectivity index (χ0) is 12.6. The number of hydrogen-bond acceptors (Lipinski definition) is 1. The van der Waals surface area contributed by atoms with Crippen molar-refractivity contribution in [1.29, 1.82) is 0 Å². The Morgan fingerprint density at radius 3 is 2.65 bits per heavy atom. The molecule has 1 saturated carbocycles. The summed E-state index contributed by atoms with van der Waals surface area (Å²) in [6, 6.07) is 4.84. The molecule has 0 radical (unpaired) electrons. The zero-order valence-electron chi connectivity index (χ0n) is 10.6. The van der Waals surface area contributed by atoms with Crippen LogP contribution in [0.3, 0.4) is 0 Å². The Labute approximate surface area is 107 Å². The van der Waals surface area contributed by atoms with E-state index in [1.54, 1.807) is 6.07 Å². The third-order valence-electron chi connectivity index (χ3n) is 3.60. The monoisotopic (exact) mass is 255 g/mol. The summed E-state index contributed by atoms with van der Waals surface area (Å²) < 4.78 is 13.2. The minimum absolute atomic E-state index is 0.248. The molecule has 94 valence electrons. The fraction of sp³-hybridized carbons (Fsp3) is 0.571. The van der Waals surface area contributed by atoms with Gasteiger partial charge in [0.2, 0.25) is 0 Å². The predicted octanol–water partition coefficient (Wildman–Crippen LogP) is 4.72. The minimum atomic E-state index is -0.248. The molecule has 1 aromatic carbocycles. The summed E-state index contributed by atoms with van der Waals surface area (Å²) in [4.78, 5) is 0. The van der Waals surface area contributed by atoms with Gasteiger partial charge in [0.15, 0.2) is 0 Å². The summed E-state index contributed by atoms with van der Waals surface area (Å²) in [6.45, 7) is 6.79. The van der Waals surface area contributed by atoms with Crippen molar-refractivity contribution in [3.8, 4) is 0 Å². The van der Waals surface area contributed by atoms with Crippen molar-refractivity contribution in [2.45, 2.75) is 39.7 Å². The van der Waals surface area contributed by atoms with Crippen molar-refractivity contribution < 1.29 is 4.39 Å². The van der Waals surface area contributed by atoms with Gasteiger partial charge < -0.3 is 5.32 Å². The molecule has 1 nitrogen and oxygen atoms in total. The van der Waals surface area contributed by atoms with Crippen LogP contribution in [0.1, 0.15) is 33.6 Å². The van der Waals surface area contributed by atoms with E-state index in [4.69, 9.17) is 11.6 Å². The Morgan fingerprint density at radius 2 is 2.06 bits per heavy atom.